The topological polar surface area (TPSA) is 66.8 Å². The number of ether oxygens (including phenoxy) is 1. The molecule has 2 rings (SSSR count). The predicted molar refractivity (Wildman–Crippen MR) is 160 cm³/mol. The molecule has 1 fully saturated rings. The van der Waals surface area contributed by atoms with E-state index in [2.05, 4.69) is 24.0 Å². The Morgan fingerprint density at radius 2 is 1.38 bits per heavy atom. The van der Waals surface area contributed by atoms with Gasteiger partial charge < -0.3 is 14.7 Å². The summed E-state index contributed by atoms with van der Waals surface area (Å²) >= 11 is 0. The van der Waals surface area contributed by atoms with Gasteiger partial charge in [-0.3, -0.25) is 9.59 Å². The van der Waals surface area contributed by atoms with E-state index in [9.17, 15) is 14.7 Å². The summed E-state index contributed by atoms with van der Waals surface area (Å²) in [6.07, 6.45) is 20.5. The highest BCUT2D eigenvalue weighted by molar-refractivity contribution is 5.90. The third-order valence-electron chi connectivity index (χ3n) is 8.25. The molecule has 0 saturated carbocycles. The van der Waals surface area contributed by atoms with Crippen LogP contribution < -0.4 is 0 Å². The molecule has 1 aromatic carbocycles. The van der Waals surface area contributed by atoms with Crippen molar-refractivity contribution < 1.29 is 19.4 Å². The van der Waals surface area contributed by atoms with Crippen LogP contribution in [-0.4, -0.2) is 47.6 Å². The number of carbonyl (C=O) groups excluding carboxylic acids is 2. The van der Waals surface area contributed by atoms with E-state index in [4.69, 9.17) is 4.74 Å². The van der Waals surface area contributed by atoms with E-state index in [0.29, 0.717) is 25.1 Å². The van der Waals surface area contributed by atoms with E-state index in [1.165, 1.54) is 89.7 Å². The van der Waals surface area contributed by atoms with Gasteiger partial charge in [-0.05, 0) is 24.8 Å². The molecule has 1 N–H and O–H groups in total. The maximum atomic E-state index is 12.9. The Morgan fingerprint density at radius 1 is 0.846 bits per heavy atom. The van der Waals surface area contributed by atoms with Crippen molar-refractivity contribution >= 4 is 11.8 Å². The van der Waals surface area contributed by atoms with Gasteiger partial charge in [0, 0.05) is 30.8 Å². The lowest BCUT2D eigenvalue weighted by Gasteiger charge is -2.28. The fourth-order valence-electron chi connectivity index (χ4n) is 5.93. The number of aliphatic hydroxyl groups excluding tert-OH is 1. The Balaban J connectivity index is 1.76. The summed E-state index contributed by atoms with van der Waals surface area (Å²) in [5.41, 5.74) is 1.76. The van der Waals surface area contributed by atoms with Crippen LogP contribution >= 0.6 is 0 Å². The molecule has 39 heavy (non-hydrogen) atoms. The van der Waals surface area contributed by atoms with Crippen molar-refractivity contribution in [2.24, 2.45) is 5.92 Å². The second-order valence-electron chi connectivity index (χ2n) is 11.3. The van der Waals surface area contributed by atoms with Gasteiger partial charge in [-0.1, -0.05) is 128 Å². The van der Waals surface area contributed by atoms with Crippen molar-refractivity contribution in [3.8, 4) is 0 Å². The number of hydrogen-bond acceptors (Lipinski definition) is 5. The van der Waals surface area contributed by atoms with Crippen LogP contribution in [0.3, 0.4) is 0 Å². The molecule has 1 saturated heterocycles. The number of nitrogens with zero attached hydrogens (tertiary/aromatic N) is 1. The van der Waals surface area contributed by atoms with Crippen molar-refractivity contribution in [2.45, 2.75) is 135 Å². The van der Waals surface area contributed by atoms with Gasteiger partial charge in [0.1, 0.15) is 12.0 Å². The molecule has 1 aliphatic rings. The minimum atomic E-state index is -1.02. The highest BCUT2D eigenvalue weighted by Crippen LogP contribution is 2.36. The molecule has 1 aliphatic heterocycles. The standard InChI is InChI=1S/C34H55NO4/c1-4-6-7-8-9-10-11-12-13-14-15-16-17-21-24-29(36)27-31-33(37)32(34(38)39-3)30(5-2)35(31)26-25-28-22-19-18-20-23-28/h18-20,22-23,27,30,32-33,37H,4-17,21,24-26H2,1-3H3/b31-27+/t30-,32-,33+/m0/s1. The van der Waals surface area contributed by atoms with Crippen LogP contribution in [0.2, 0.25) is 0 Å². The molecule has 5 heteroatoms. The van der Waals surface area contributed by atoms with E-state index in [1.807, 2.05) is 25.1 Å². The van der Waals surface area contributed by atoms with Gasteiger partial charge in [0.15, 0.2) is 5.78 Å². The van der Waals surface area contributed by atoms with Crippen molar-refractivity contribution in [2.75, 3.05) is 13.7 Å². The molecular weight excluding hydrogens is 486 g/mol. The largest absolute Gasteiger partial charge is 0.469 e. The number of carbonyl (C=O) groups is 2. The van der Waals surface area contributed by atoms with E-state index in [0.717, 1.165) is 19.3 Å². The maximum Gasteiger partial charge on any atom is 0.313 e. The lowest BCUT2D eigenvalue weighted by molar-refractivity contribution is -0.149. The summed E-state index contributed by atoms with van der Waals surface area (Å²) in [5, 5.41) is 11.1. The zero-order chi connectivity index (χ0) is 28.3. The Kier molecular flexibility index (Phi) is 16.8. The Morgan fingerprint density at radius 3 is 1.90 bits per heavy atom. The summed E-state index contributed by atoms with van der Waals surface area (Å²) < 4.78 is 5.02. The Bertz CT molecular complexity index is 837. The van der Waals surface area contributed by atoms with Crippen LogP contribution in [0.4, 0.5) is 0 Å². The summed E-state index contributed by atoms with van der Waals surface area (Å²) in [6, 6.07) is 9.99. The summed E-state index contributed by atoms with van der Waals surface area (Å²) in [7, 11) is 1.36. The lowest BCUT2D eigenvalue weighted by Crippen LogP contribution is -2.37. The normalized spacial score (nSPS) is 20.1. The summed E-state index contributed by atoms with van der Waals surface area (Å²) in [6.45, 7) is 4.93. The minimum absolute atomic E-state index is 0.0352. The van der Waals surface area contributed by atoms with E-state index in [1.54, 1.807) is 6.08 Å². The highest BCUT2D eigenvalue weighted by atomic mass is 16.5. The van der Waals surface area contributed by atoms with Gasteiger partial charge in [-0.25, -0.2) is 0 Å². The SMILES string of the molecule is CCCCCCCCCCCCCCCCC(=O)/C=C1\[C@@H](O)[C@@H](C(=O)OC)[C@H](CC)N1CCc1ccccc1. The molecule has 0 bridgehead atoms. The molecule has 1 aromatic rings. The van der Waals surface area contributed by atoms with Gasteiger partial charge in [0.2, 0.25) is 0 Å². The molecule has 0 amide bonds. The van der Waals surface area contributed by atoms with E-state index >= 15 is 0 Å². The number of unbranched alkanes of at least 4 members (excludes halogenated alkanes) is 13. The van der Waals surface area contributed by atoms with Gasteiger partial charge in [-0.2, -0.15) is 0 Å². The minimum Gasteiger partial charge on any atom is -0.469 e. The summed E-state index contributed by atoms with van der Waals surface area (Å²) in [5.74, 6) is -1.05. The number of benzene rings is 1. The predicted octanol–water partition coefficient (Wildman–Crippen LogP) is 7.80. The molecule has 1 heterocycles. The number of hydrogen-bond donors (Lipinski definition) is 1. The first-order valence-corrected chi connectivity index (χ1v) is 15.8. The van der Waals surface area contributed by atoms with Gasteiger partial charge >= 0.3 is 5.97 Å². The second-order valence-corrected chi connectivity index (χ2v) is 11.3. The van der Waals surface area contributed by atoms with E-state index in [-0.39, 0.29) is 11.8 Å². The number of likely N-dealkylation sites (tertiary alicyclic amines) is 1. The van der Waals surface area contributed by atoms with Crippen LogP contribution in [0.5, 0.6) is 0 Å². The Hall–Kier alpha value is -2.14. The third kappa shape index (κ3) is 11.9. The first-order valence-electron chi connectivity index (χ1n) is 15.8. The lowest BCUT2D eigenvalue weighted by atomic mass is 9.95. The number of methoxy groups -OCH3 is 1. The van der Waals surface area contributed by atoms with Crippen molar-refractivity contribution in [3.05, 3.63) is 47.7 Å². The number of allylic oxidation sites excluding steroid dienone is 1. The van der Waals surface area contributed by atoms with Crippen LogP contribution in [0, 0.1) is 5.92 Å². The maximum absolute atomic E-state index is 12.9. The molecule has 220 valence electrons. The quantitative estimate of drug-likeness (QED) is 0.0977. The molecule has 0 aromatic heterocycles. The summed E-state index contributed by atoms with van der Waals surface area (Å²) in [4.78, 5) is 27.5. The van der Waals surface area contributed by atoms with Crippen molar-refractivity contribution in [3.63, 3.8) is 0 Å². The monoisotopic (exact) mass is 541 g/mol. The fraction of sp³-hybridized carbons (Fsp3) is 0.706. The van der Waals surface area contributed by atoms with Gasteiger partial charge in [0.05, 0.1) is 7.11 Å². The zero-order valence-electron chi connectivity index (χ0n) is 25.0. The fourth-order valence-corrected chi connectivity index (χ4v) is 5.93. The number of esters is 1. The molecule has 0 spiro atoms. The van der Waals surface area contributed by atoms with Gasteiger partial charge in [0.25, 0.3) is 0 Å². The van der Waals surface area contributed by atoms with E-state index < -0.39 is 18.0 Å². The Labute approximate surface area is 238 Å². The first kappa shape index (κ1) is 33.1. The zero-order valence-corrected chi connectivity index (χ0v) is 25.0. The average molecular weight is 542 g/mol. The first-order chi connectivity index (χ1) is 19.0. The van der Waals surface area contributed by atoms with Crippen LogP contribution in [0.15, 0.2) is 42.1 Å². The van der Waals surface area contributed by atoms with Crippen LogP contribution in [0.1, 0.15) is 122 Å². The highest BCUT2D eigenvalue weighted by Gasteiger charge is 2.48. The van der Waals surface area contributed by atoms with Crippen LogP contribution in [-0.2, 0) is 20.7 Å². The smallest absolute Gasteiger partial charge is 0.313 e. The number of rotatable bonds is 21. The molecule has 5 nitrogen and oxygen atoms in total. The average Bonchev–Trinajstić information content (AvgIpc) is 3.22. The molecule has 0 unspecified atom stereocenters. The molecule has 0 aliphatic carbocycles. The third-order valence-corrected chi connectivity index (χ3v) is 8.25. The molecular formula is C34H55NO4. The van der Waals surface area contributed by atoms with Gasteiger partial charge in [-0.15, -0.1) is 0 Å². The van der Waals surface area contributed by atoms with Crippen molar-refractivity contribution in [1.82, 2.24) is 4.90 Å². The number of ketones is 1. The molecule has 3 atom stereocenters. The molecule has 0 radical (unpaired) electrons. The van der Waals surface area contributed by atoms with Crippen LogP contribution in [0.25, 0.3) is 0 Å². The second kappa shape index (κ2) is 19.8. The number of aliphatic hydroxyl groups is 1. The van der Waals surface area contributed by atoms with Crippen molar-refractivity contribution in [1.29, 1.82) is 0 Å².